The third kappa shape index (κ3) is 5.38. The van der Waals surface area contributed by atoms with Gasteiger partial charge in [-0.2, -0.15) is 0 Å². The van der Waals surface area contributed by atoms with Crippen LogP contribution in [0.3, 0.4) is 0 Å². The zero-order valence-electron chi connectivity index (χ0n) is 14.5. The van der Waals surface area contributed by atoms with Gasteiger partial charge in [-0.15, -0.1) is 0 Å². The molecule has 0 aliphatic heterocycles. The fourth-order valence-electron chi connectivity index (χ4n) is 2.99. The summed E-state index contributed by atoms with van der Waals surface area (Å²) in [6, 6.07) is 7.44. The summed E-state index contributed by atoms with van der Waals surface area (Å²) in [5, 5.41) is 1.34. The van der Waals surface area contributed by atoms with Crippen molar-refractivity contribution in [1.82, 2.24) is 0 Å². The van der Waals surface area contributed by atoms with Crippen LogP contribution in [-0.2, 0) is 0 Å². The summed E-state index contributed by atoms with van der Waals surface area (Å²) in [6.07, 6.45) is 8.13. The summed E-state index contributed by atoms with van der Waals surface area (Å²) in [4.78, 5) is 0. The lowest BCUT2D eigenvalue weighted by Crippen LogP contribution is -2.42. The van der Waals surface area contributed by atoms with Crippen molar-refractivity contribution in [3.8, 4) is 11.5 Å². The maximum absolute atomic E-state index is 5.59. The summed E-state index contributed by atoms with van der Waals surface area (Å²) in [5.41, 5.74) is 0. The Balaban J connectivity index is 2.69. The van der Waals surface area contributed by atoms with Gasteiger partial charge in [-0.1, -0.05) is 70.7 Å². The number of methoxy groups -OCH3 is 2. The minimum Gasteiger partial charge on any atom is -0.497 e. The van der Waals surface area contributed by atoms with Crippen LogP contribution in [0, 0.1) is 0 Å². The molecule has 0 saturated carbocycles. The van der Waals surface area contributed by atoms with E-state index in [1.165, 1.54) is 49.8 Å². The maximum atomic E-state index is 5.59. The van der Waals surface area contributed by atoms with Crippen molar-refractivity contribution in [3.05, 3.63) is 18.2 Å². The van der Waals surface area contributed by atoms with Crippen molar-refractivity contribution in [1.29, 1.82) is 0 Å². The van der Waals surface area contributed by atoms with E-state index in [4.69, 9.17) is 9.47 Å². The van der Waals surface area contributed by atoms with Crippen molar-refractivity contribution < 1.29 is 9.47 Å². The highest BCUT2D eigenvalue weighted by molar-refractivity contribution is 6.91. The van der Waals surface area contributed by atoms with E-state index in [1.807, 2.05) is 6.07 Å². The summed E-state index contributed by atoms with van der Waals surface area (Å²) in [5.74, 6) is 1.99. The van der Waals surface area contributed by atoms with Crippen molar-refractivity contribution in [3.63, 3.8) is 0 Å². The molecule has 0 N–H and O–H groups in total. The molecule has 0 amide bonds. The van der Waals surface area contributed by atoms with Gasteiger partial charge < -0.3 is 9.47 Å². The highest BCUT2D eigenvalue weighted by atomic mass is 28.3. The molecule has 0 spiro atoms. The summed E-state index contributed by atoms with van der Waals surface area (Å²) in [6.45, 7) is 7.13. The molecule has 2 nitrogen and oxygen atoms in total. The number of unbranched alkanes of at least 4 members (excludes halogenated alkanes) is 5. The van der Waals surface area contributed by atoms with Crippen LogP contribution in [-0.4, -0.2) is 22.3 Å². The van der Waals surface area contributed by atoms with E-state index in [1.54, 1.807) is 14.2 Å². The largest absolute Gasteiger partial charge is 0.497 e. The molecule has 0 aliphatic carbocycles. The van der Waals surface area contributed by atoms with Gasteiger partial charge in [-0.05, 0) is 12.1 Å². The van der Waals surface area contributed by atoms with E-state index < -0.39 is 8.07 Å². The van der Waals surface area contributed by atoms with Gasteiger partial charge in [0.05, 0.1) is 22.3 Å². The van der Waals surface area contributed by atoms with Gasteiger partial charge in [-0.3, -0.25) is 0 Å². The third-order valence-electron chi connectivity index (χ3n) is 4.26. The van der Waals surface area contributed by atoms with Crippen LogP contribution < -0.4 is 14.7 Å². The molecule has 21 heavy (non-hydrogen) atoms. The van der Waals surface area contributed by atoms with Crippen molar-refractivity contribution in [2.24, 2.45) is 0 Å². The van der Waals surface area contributed by atoms with Crippen LogP contribution in [0.5, 0.6) is 11.5 Å². The fraction of sp³-hybridized carbons (Fsp3) is 0.667. The van der Waals surface area contributed by atoms with Crippen LogP contribution in [0.15, 0.2) is 18.2 Å². The Kier molecular flexibility index (Phi) is 7.87. The standard InChI is InChI=1S/C18H32O2Si/c1-6-7-8-9-10-11-15-21(4,5)18-16(19-2)13-12-14-17(18)20-3/h12-14H,6-11,15H2,1-5H3. The first kappa shape index (κ1) is 18.1. The van der Waals surface area contributed by atoms with Gasteiger partial charge in [0, 0.05) is 5.19 Å². The molecule has 1 aromatic carbocycles. The van der Waals surface area contributed by atoms with Gasteiger partial charge in [0.15, 0.2) is 0 Å². The minimum atomic E-state index is -1.53. The molecule has 1 aromatic rings. The lowest BCUT2D eigenvalue weighted by molar-refractivity contribution is 0.400. The molecule has 0 aliphatic rings. The second-order valence-corrected chi connectivity index (χ2v) is 11.2. The number of benzene rings is 1. The second kappa shape index (κ2) is 9.14. The Bertz CT molecular complexity index is 393. The monoisotopic (exact) mass is 308 g/mol. The van der Waals surface area contributed by atoms with Crippen LogP contribution in [0.25, 0.3) is 0 Å². The summed E-state index contributed by atoms with van der Waals surface area (Å²) >= 11 is 0. The summed E-state index contributed by atoms with van der Waals surface area (Å²) < 4.78 is 11.2. The average molecular weight is 309 g/mol. The van der Waals surface area contributed by atoms with E-state index in [2.05, 4.69) is 32.2 Å². The van der Waals surface area contributed by atoms with Gasteiger partial charge in [0.1, 0.15) is 11.5 Å². The number of ether oxygens (including phenoxy) is 2. The van der Waals surface area contributed by atoms with Gasteiger partial charge in [0.2, 0.25) is 0 Å². The van der Waals surface area contributed by atoms with Crippen LogP contribution >= 0.6 is 0 Å². The molecule has 0 unspecified atom stereocenters. The quantitative estimate of drug-likeness (QED) is 0.448. The molecule has 0 atom stereocenters. The van der Waals surface area contributed by atoms with Crippen LogP contribution in [0.4, 0.5) is 0 Å². The normalized spacial score (nSPS) is 11.5. The predicted molar refractivity (Wildman–Crippen MR) is 94.8 cm³/mol. The van der Waals surface area contributed by atoms with Crippen molar-refractivity contribution >= 4 is 13.3 Å². The highest BCUT2D eigenvalue weighted by Gasteiger charge is 2.29. The molecular formula is C18H32O2Si. The van der Waals surface area contributed by atoms with Crippen LogP contribution in [0.2, 0.25) is 19.1 Å². The SMILES string of the molecule is CCCCCCCC[Si](C)(C)c1c(OC)cccc1OC. The molecule has 0 aromatic heterocycles. The molecule has 120 valence electrons. The van der Waals surface area contributed by atoms with E-state index in [0.717, 1.165) is 11.5 Å². The number of hydrogen-bond acceptors (Lipinski definition) is 2. The topological polar surface area (TPSA) is 18.5 Å². The Morgan fingerprint density at radius 2 is 1.38 bits per heavy atom. The van der Waals surface area contributed by atoms with E-state index in [0.29, 0.717) is 0 Å². The second-order valence-electron chi connectivity index (χ2n) is 6.44. The number of hydrogen-bond donors (Lipinski definition) is 0. The molecule has 0 bridgehead atoms. The Hall–Kier alpha value is -0.963. The molecule has 3 heteroatoms. The first-order valence-electron chi connectivity index (χ1n) is 8.28. The van der Waals surface area contributed by atoms with Gasteiger partial charge >= 0.3 is 0 Å². The third-order valence-corrected chi connectivity index (χ3v) is 7.71. The van der Waals surface area contributed by atoms with Gasteiger partial charge in [0.25, 0.3) is 0 Å². The molecule has 0 radical (unpaired) electrons. The Morgan fingerprint density at radius 3 is 1.90 bits per heavy atom. The van der Waals surface area contributed by atoms with Crippen molar-refractivity contribution in [2.45, 2.75) is 64.6 Å². The zero-order valence-corrected chi connectivity index (χ0v) is 15.5. The first-order valence-corrected chi connectivity index (χ1v) is 11.5. The Labute approximate surface area is 131 Å². The molecular weight excluding hydrogens is 276 g/mol. The van der Waals surface area contributed by atoms with E-state index in [9.17, 15) is 0 Å². The number of rotatable bonds is 10. The molecule has 0 saturated heterocycles. The summed E-state index contributed by atoms with van der Waals surface area (Å²) in [7, 11) is 1.99. The smallest absolute Gasteiger partial charge is 0.121 e. The molecule has 0 fully saturated rings. The average Bonchev–Trinajstić information content (AvgIpc) is 2.49. The van der Waals surface area contributed by atoms with Crippen LogP contribution in [0.1, 0.15) is 45.4 Å². The van der Waals surface area contributed by atoms with Gasteiger partial charge in [-0.25, -0.2) is 0 Å². The zero-order chi connectivity index (χ0) is 15.7. The maximum Gasteiger partial charge on any atom is 0.121 e. The minimum absolute atomic E-state index is 0.997. The van der Waals surface area contributed by atoms with E-state index in [-0.39, 0.29) is 0 Å². The molecule has 0 heterocycles. The van der Waals surface area contributed by atoms with Crippen molar-refractivity contribution in [2.75, 3.05) is 14.2 Å². The fourth-order valence-corrected chi connectivity index (χ4v) is 6.08. The Morgan fingerprint density at radius 1 is 0.857 bits per heavy atom. The van der Waals surface area contributed by atoms with E-state index >= 15 is 0 Å². The first-order chi connectivity index (χ1) is 10.1. The lowest BCUT2D eigenvalue weighted by Gasteiger charge is -2.27. The lowest BCUT2D eigenvalue weighted by atomic mass is 10.1. The highest BCUT2D eigenvalue weighted by Crippen LogP contribution is 2.26. The predicted octanol–water partition coefficient (Wildman–Crippen LogP) is 4.98. The molecule has 1 rings (SSSR count).